The molecule has 5 aliphatic rings. The summed E-state index contributed by atoms with van der Waals surface area (Å²) in [6.07, 6.45) is 7.26. The lowest BCUT2D eigenvalue weighted by molar-refractivity contribution is -0.159. The van der Waals surface area contributed by atoms with Crippen molar-refractivity contribution in [1.29, 1.82) is 0 Å². The van der Waals surface area contributed by atoms with Crippen LogP contribution in [0.2, 0.25) is 0 Å². The molecule has 4 unspecified atom stereocenters. The van der Waals surface area contributed by atoms with Crippen LogP contribution >= 0.6 is 11.8 Å². The summed E-state index contributed by atoms with van der Waals surface area (Å²) in [4.78, 5) is 29.7. The normalized spacial score (nSPS) is 32.3. The molecule has 0 N–H and O–H groups in total. The number of benzene rings is 1. The van der Waals surface area contributed by atoms with E-state index in [0.29, 0.717) is 28.7 Å². The van der Waals surface area contributed by atoms with Gasteiger partial charge in [0, 0.05) is 24.3 Å². The maximum absolute atomic E-state index is 12.9. The van der Waals surface area contributed by atoms with Crippen LogP contribution in [0.25, 0.3) is 0 Å². The molecule has 4 nitrogen and oxygen atoms in total. The van der Waals surface area contributed by atoms with E-state index < -0.39 is 0 Å². The van der Waals surface area contributed by atoms with Crippen molar-refractivity contribution >= 4 is 23.6 Å². The number of piperazine rings is 1. The summed E-state index contributed by atoms with van der Waals surface area (Å²) < 4.78 is 0. The van der Waals surface area contributed by atoms with Gasteiger partial charge >= 0.3 is 0 Å². The molecule has 0 radical (unpaired) electrons. The van der Waals surface area contributed by atoms with Crippen LogP contribution < -0.4 is 0 Å². The summed E-state index contributed by atoms with van der Waals surface area (Å²) in [6.45, 7) is 1.49. The third-order valence-corrected chi connectivity index (χ3v) is 8.23. The van der Waals surface area contributed by atoms with Crippen LogP contribution in [0.3, 0.4) is 0 Å². The van der Waals surface area contributed by atoms with Gasteiger partial charge in [-0.05, 0) is 37.2 Å². The fourth-order valence-electron chi connectivity index (χ4n) is 5.29. The third kappa shape index (κ3) is 3.39. The molecule has 2 saturated carbocycles. The number of hydrogen-bond acceptors (Lipinski definition) is 3. The molecule has 5 fully saturated rings. The number of amides is 2. The first-order valence-electron chi connectivity index (χ1n) is 10.5. The SMILES string of the molecule is O=C(C1CC1c1ccccc1)N1CC2CC(C1)N2C(=O)CSC1CCCC1. The van der Waals surface area contributed by atoms with Crippen molar-refractivity contribution in [2.24, 2.45) is 5.92 Å². The Labute approximate surface area is 165 Å². The smallest absolute Gasteiger partial charge is 0.233 e. The Morgan fingerprint density at radius 1 is 1.00 bits per heavy atom. The molecule has 27 heavy (non-hydrogen) atoms. The number of hydrogen-bond donors (Lipinski definition) is 0. The van der Waals surface area contributed by atoms with Crippen LogP contribution in [0.4, 0.5) is 0 Å². The van der Waals surface area contributed by atoms with Gasteiger partial charge in [-0.2, -0.15) is 0 Å². The molecule has 0 aromatic heterocycles. The zero-order valence-electron chi connectivity index (χ0n) is 15.8. The summed E-state index contributed by atoms with van der Waals surface area (Å²) in [6, 6.07) is 10.9. The highest BCUT2D eigenvalue weighted by atomic mass is 32.2. The largest absolute Gasteiger partial charge is 0.338 e. The van der Waals surface area contributed by atoms with Gasteiger partial charge in [0.1, 0.15) is 0 Å². The van der Waals surface area contributed by atoms with E-state index in [1.54, 1.807) is 0 Å². The van der Waals surface area contributed by atoms with Gasteiger partial charge in [0.05, 0.1) is 17.8 Å². The number of rotatable bonds is 5. The lowest BCUT2D eigenvalue weighted by atomic mass is 9.87. The van der Waals surface area contributed by atoms with E-state index in [-0.39, 0.29) is 18.0 Å². The monoisotopic (exact) mass is 384 g/mol. The summed E-state index contributed by atoms with van der Waals surface area (Å²) in [5.41, 5.74) is 1.29. The molecule has 4 atom stereocenters. The van der Waals surface area contributed by atoms with Gasteiger partial charge in [0.15, 0.2) is 0 Å². The van der Waals surface area contributed by atoms with Crippen molar-refractivity contribution < 1.29 is 9.59 Å². The Kier molecular flexibility index (Phi) is 4.66. The van der Waals surface area contributed by atoms with Crippen LogP contribution in [0, 0.1) is 5.92 Å². The van der Waals surface area contributed by atoms with Crippen molar-refractivity contribution in [3.05, 3.63) is 35.9 Å². The predicted octanol–water partition coefficient (Wildman–Crippen LogP) is 3.28. The highest BCUT2D eigenvalue weighted by Gasteiger charge is 2.52. The third-order valence-electron chi connectivity index (χ3n) is 6.87. The molecular formula is C22H28N2O2S. The molecule has 144 valence electrons. The summed E-state index contributed by atoms with van der Waals surface area (Å²) in [7, 11) is 0. The molecule has 2 bridgehead atoms. The minimum Gasteiger partial charge on any atom is -0.338 e. The topological polar surface area (TPSA) is 40.6 Å². The first-order valence-corrected chi connectivity index (χ1v) is 11.5. The number of piperidine rings is 1. The van der Waals surface area contributed by atoms with E-state index >= 15 is 0 Å². The zero-order chi connectivity index (χ0) is 18.4. The van der Waals surface area contributed by atoms with E-state index in [1.807, 2.05) is 22.7 Å². The lowest BCUT2D eigenvalue weighted by Crippen LogP contribution is -2.71. The summed E-state index contributed by atoms with van der Waals surface area (Å²) in [5.74, 6) is 1.80. The van der Waals surface area contributed by atoms with Crippen molar-refractivity contribution in [3.8, 4) is 0 Å². The molecule has 5 heteroatoms. The Morgan fingerprint density at radius 2 is 1.70 bits per heavy atom. The second-order valence-electron chi connectivity index (χ2n) is 8.66. The van der Waals surface area contributed by atoms with Crippen molar-refractivity contribution in [2.75, 3.05) is 18.8 Å². The first kappa shape index (κ1) is 17.6. The average Bonchev–Trinajstić information content (AvgIpc) is 3.33. The molecule has 3 saturated heterocycles. The second kappa shape index (κ2) is 7.16. The van der Waals surface area contributed by atoms with E-state index in [1.165, 1.54) is 31.2 Å². The van der Waals surface area contributed by atoms with Gasteiger partial charge < -0.3 is 9.80 Å². The molecule has 3 heterocycles. The van der Waals surface area contributed by atoms with Gasteiger partial charge in [-0.3, -0.25) is 9.59 Å². The quantitative estimate of drug-likeness (QED) is 0.782. The molecule has 2 aliphatic carbocycles. The van der Waals surface area contributed by atoms with Crippen LogP contribution in [0.15, 0.2) is 30.3 Å². The van der Waals surface area contributed by atoms with Gasteiger partial charge in [-0.25, -0.2) is 0 Å². The highest BCUT2D eigenvalue weighted by molar-refractivity contribution is 8.00. The molecule has 6 rings (SSSR count). The molecule has 1 aromatic carbocycles. The minimum absolute atomic E-state index is 0.159. The van der Waals surface area contributed by atoms with Crippen molar-refractivity contribution in [3.63, 3.8) is 0 Å². The Bertz CT molecular complexity index is 706. The second-order valence-corrected chi connectivity index (χ2v) is 9.95. The van der Waals surface area contributed by atoms with Crippen molar-refractivity contribution in [2.45, 2.75) is 61.8 Å². The Hall–Kier alpha value is -1.49. The van der Waals surface area contributed by atoms with Gasteiger partial charge in [0.2, 0.25) is 11.8 Å². The Morgan fingerprint density at radius 3 is 2.41 bits per heavy atom. The lowest BCUT2D eigenvalue weighted by Gasteiger charge is -2.56. The van der Waals surface area contributed by atoms with Gasteiger partial charge in [-0.1, -0.05) is 43.2 Å². The number of carbonyl (C=O) groups is 2. The van der Waals surface area contributed by atoms with Crippen LogP contribution in [-0.2, 0) is 9.59 Å². The number of nitrogens with zero attached hydrogens (tertiary/aromatic N) is 2. The standard InChI is InChI=1S/C22H28N2O2S/c25-21(14-27-18-8-4-5-9-18)24-16-10-17(24)13-23(12-16)22(26)20-11-19(20)15-6-2-1-3-7-15/h1-3,6-7,16-20H,4-5,8-14H2. The number of thioether (sulfide) groups is 1. The molecule has 3 aliphatic heterocycles. The molecule has 0 spiro atoms. The van der Waals surface area contributed by atoms with Crippen LogP contribution in [0.1, 0.15) is 50.0 Å². The van der Waals surface area contributed by atoms with Crippen molar-refractivity contribution in [1.82, 2.24) is 9.80 Å². The molecule has 2 amide bonds. The maximum Gasteiger partial charge on any atom is 0.233 e. The van der Waals surface area contributed by atoms with E-state index in [9.17, 15) is 9.59 Å². The van der Waals surface area contributed by atoms with Gasteiger partial charge in [-0.15, -0.1) is 11.8 Å². The number of fused-ring (bicyclic) bond motifs is 2. The predicted molar refractivity (Wildman–Crippen MR) is 108 cm³/mol. The highest BCUT2D eigenvalue weighted by Crippen LogP contribution is 2.49. The summed E-state index contributed by atoms with van der Waals surface area (Å²) in [5, 5.41) is 0.693. The number of carbonyl (C=O) groups excluding carboxylic acids is 2. The van der Waals surface area contributed by atoms with Crippen LogP contribution in [0.5, 0.6) is 0 Å². The maximum atomic E-state index is 12.9. The van der Waals surface area contributed by atoms with E-state index in [0.717, 1.165) is 25.9 Å². The Balaban J connectivity index is 1.13. The fraction of sp³-hybridized carbons (Fsp3) is 0.636. The van der Waals surface area contributed by atoms with Crippen LogP contribution in [-0.4, -0.2) is 57.8 Å². The van der Waals surface area contributed by atoms with E-state index in [4.69, 9.17) is 0 Å². The summed E-state index contributed by atoms with van der Waals surface area (Å²) >= 11 is 1.86. The average molecular weight is 385 g/mol. The first-order chi connectivity index (χ1) is 13.2. The fourth-order valence-corrected chi connectivity index (χ4v) is 6.48. The molecule has 1 aromatic rings. The molecular weight excluding hydrogens is 356 g/mol. The minimum atomic E-state index is 0.159. The van der Waals surface area contributed by atoms with Gasteiger partial charge in [0.25, 0.3) is 0 Å². The van der Waals surface area contributed by atoms with E-state index in [2.05, 4.69) is 29.2 Å². The zero-order valence-corrected chi connectivity index (χ0v) is 16.6.